The van der Waals surface area contributed by atoms with Gasteiger partial charge in [0.05, 0.1) is 6.20 Å². The van der Waals surface area contributed by atoms with Crippen molar-refractivity contribution in [2.45, 2.75) is 11.4 Å². The van der Waals surface area contributed by atoms with Crippen LogP contribution in [0.3, 0.4) is 0 Å². The summed E-state index contributed by atoms with van der Waals surface area (Å²) in [6.07, 6.45) is 2.78. The van der Waals surface area contributed by atoms with Crippen LogP contribution in [0.5, 0.6) is 0 Å². The fourth-order valence-electron chi connectivity index (χ4n) is 1.44. The minimum atomic E-state index is -3.51. The largest absolute Gasteiger partial charge is 0.274 e. The molecule has 2 aromatic rings. The van der Waals surface area contributed by atoms with Crippen LogP contribution in [0.15, 0.2) is 46.0 Å². The summed E-state index contributed by atoms with van der Waals surface area (Å²) in [6.45, 7) is 0.235. The summed E-state index contributed by atoms with van der Waals surface area (Å²) in [7, 11) is -1.84. The first kappa shape index (κ1) is 13.3. The SMILES string of the molecule is Cn1cc(S(=O)(=O)NCc2ccccc2Br)cn1. The highest BCUT2D eigenvalue weighted by atomic mass is 79.9. The summed E-state index contributed by atoms with van der Waals surface area (Å²) in [4.78, 5) is 0.164. The number of benzene rings is 1. The van der Waals surface area contributed by atoms with Gasteiger partial charge in [0, 0.05) is 24.3 Å². The molecular weight excluding hydrogens is 318 g/mol. The van der Waals surface area contributed by atoms with Crippen molar-refractivity contribution < 1.29 is 8.42 Å². The van der Waals surface area contributed by atoms with E-state index in [-0.39, 0.29) is 11.4 Å². The number of rotatable bonds is 4. The molecule has 18 heavy (non-hydrogen) atoms. The number of nitrogens with one attached hydrogen (secondary N) is 1. The zero-order chi connectivity index (χ0) is 13.2. The van der Waals surface area contributed by atoms with E-state index in [1.54, 1.807) is 7.05 Å². The molecule has 0 aliphatic heterocycles. The molecule has 0 amide bonds. The average Bonchev–Trinajstić information content (AvgIpc) is 2.76. The zero-order valence-electron chi connectivity index (χ0n) is 9.67. The van der Waals surface area contributed by atoms with Gasteiger partial charge in [-0.3, -0.25) is 4.68 Å². The molecule has 0 saturated heterocycles. The normalized spacial score (nSPS) is 11.7. The Morgan fingerprint density at radius 2 is 2.11 bits per heavy atom. The molecule has 1 aromatic heterocycles. The van der Waals surface area contributed by atoms with Crippen molar-refractivity contribution in [1.82, 2.24) is 14.5 Å². The van der Waals surface area contributed by atoms with Crippen molar-refractivity contribution in [2.24, 2.45) is 7.05 Å². The summed E-state index contributed by atoms with van der Waals surface area (Å²) >= 11 is 3.37. The molecule has 0 aliphatic carbocycles. The molecule has 0 aliphatic rings. The third-order valence-electron chi connectivity index (χ3n) is 2.40. The fourth-order valence-corrected chi connectivity index (χ4v) is 2.85. The lowest BCUT2D eigenvalue weighted by molar-refractivity contribution is 0.581. The molecule has 0 atom stereocenters. The van der Waals surface area contributed by atoms with Gasteiger partial charge >= 0.3 is 0 Å². The summed E-state index contributed by atoms with van der Waals surface area (Å²) in [6, 6.07) is 7.46. The monoisotopic (exact) mass is 329 g/mol. The summed E-state index contributed by atoms with van der Waals surface area (Å²) in [5, 5.41) is 3.84. The first-order valence-electron chi connectivity index (χ1n) is 5.21. The summed E-state index contributed by atoms with van der Waals surface area (Å²) in [5.74, 6) is 0. The minimum absolute atomic E-state index is 0.164. The van der Waals surface area contributed by atoms with Crippen LogP contribution >= 0.6 is 15.9 Å². The number of aryl methyl sites for hydroxylation is 1. The number of sulfonamides is 1. The van der Waals surface area contributed by atoms with Gasteiger partial charge in [-0.25, -0.2) is 13.1 Å². The van der Waals surface area contributed by atoms with Gasteiger partial charge in [0.1, 0.15) is 4.90 Å². The van der Waals surface area contributed by atoms with Crippen molar-refractivity contribution in [3.63, 3.8) is 0 Å². The Labute approximate surface area is 114 Å². The van der Waals surface area contributed by atoms with Gasteiger partial charge in [-0.05, 0) is 11.6 Å². The van der Waals surface area contributed by atoms with Crippen molar-refractivity contribution in [3.8, 4) is 0 Å². The molecule has 7 heteroatoms. The van der Waals surface area contributed by atoms with E-state index in [9.17, 15) is 8.42 Å². The highest BCUT2D eigenvalue weighted by Crippen LogP contribution is 2.16. The van der Waals surface area contributed by atoms with Gasteiger partial charge in [0.2, 0.25) is 10.0 Å². The predicted molar refractivity (Wildman–Crippen MR) is 71.4 cm³/mol. The van der Waals surface area contributed by atoms with Crippen molar-refractivity contribution in [2.75, 3.05) is 0 Å². The quantitative estimate of drug-likeness (QED) is 0.927. The molecule has 0 fully saturated rings. The van der Waals surface area contributed by atoms with Crippen LogP contribution in [0.25, 0.3) is 0 Å². The van der Waals surface area contributed by atoms with Gasteiger partial charge in [0.25, 0.3) is 0 Å². The molecule has 0 bridgehead atoms. The van der Waals surface area contributed by atoms with E-state index in [4.69, 9.17) is 0 Å². The molecule has 5 nitrogen and oxygen atoms in total. The Morgan fingerprint density at radius 1 is 1.39 bits per heavy atom. The van der Waals surface area contributed by atoms with E-state index in [1.807, 2.05) is 24.3 Å². The molecular formula is C11H12BrN3O2S. The Hall–Kier alpha value is -1.18. The molecule has 1 aromatic carbocycles. The Kier molecular flexibility index (Phi) is 3.84. The second kappa shape index (κ2) is 5.21. The second-order valence-electron chi connectivity index (χ2n) is 3.77. The van der Waals surface area contributed by atoms with Crippen LogP contribution in [0.4, 0.5) is 0 Å². The average molecular weight is 330 g/mol. The van der Waals surface area contributed by atoms with E-state index in [1.165, 1.54) is 17.1 Å². The maximum absolute atomic E-state index is 12.0. The number of halogens is 1. The lowest BCUT2D eigenvalue weighted by atomic mass is 10.2. The van der Waals surface area contributed by atoms with Gasteiger partial charge in [-0.1, -0.05) is 34.1 Å². The lowest BCUT2D eigenvalue weighted by Gasteiger charge is -2.06. The van der Waals surface area contributed by atoms with Crippen molar-refractivity contribution >= 4 is 26.0 Å². The molecule has 0 spiro atoms. The standard InChI is InChI=1S/C11H12BrN3O2S/c1-15-8-10(7-13-15)18(16,17)14-6-9-4-2-3-5-11(9)12/h2-5,7-8,14H,6H2,1H3. The molecule has 0 radical (unpaired) electrons. The second-order valence-corrected chi connectivity index (χ2v) is 6.39. The molecule has 0 unspecified atom stereocenters. The Bertz CT molecular complexity index is 652. The fraction of sp³-hybridized carbons (Fsp3) is 0.182. The first-order valence-corrected chi connectivity index (χ1v) is 7.48. The third kappa shape index (κ3) is 2.98. The van der Waals surface area contributed by atoms with Gasteiger partial charge in [-0.15, -0.1) is 0 Å². The van der Waals surface area contributed by atoms with E-state index >= 15 is 0 Å². The van der Waals surface area contributed by atoms with Crippen LogP contribution < -0.4 is 4.72 Å². The van der Waals surface area contributed by atoms with Crippen molar-refractivity contribution in [3.05, 3.63) is 46.7 Å². The molecule has 2 rings (SSSR count). The van der Waals surface area contributed by atoms with E-state index in [2.05, 4.69) is 25.8 Å². The van der Waals surface area contributed by atoms with Crippen LogP contribution in [-0.2, 0) is 23.6 Å². The topological polar surface area (TPSA) is 64.0 Å². The Balaban J connectivity index is 2.13. The molecule has 96 valence electrons. The number of nitrogens with zero attached hydrogens (tertiary/aromatic N) is 2. The predicted octanol–water partition coefficient (Wildman–Crippen LogP) is 1.66. The van der Waals surface area contributed by atoms with Crippen LogP contribution in [-0.4, -0.2) is 18.2 Å². The summed E-state index contributed by atoms with van der Waals surface area (Å²) < 4.78 is 28.8. The van der Waals surface area contributed by atoms with Crippen LogP contribution in [0, 0.1) is 0 Å². The van der Waals surface area contributed by atoms with Gasteiger partial charge < -0.3 is 0 Å². The van der Waals surface area contributed by atoms with E-state index in [0.29, 0.717) is 0 Å². The molecule has 0 saturated carbocycles. The molecule has 1 heterocycles. The molecule has 1 N–H and O–H groups in total. The first-order chi connectivity index (χ1) is 8.49. The number of hydrogen-bond acceptors (Lipinski definition) is 3. The van der Waals surface area contributed by atoms with E-state index < -0.39 is 10.0 Å². The summed E-state index contributed by atoms with van der Waals surface area (Å²) in [5.41, 5.74) is 0.880. The highest BCUT2D eigenvalue weighted by Gasteiger charge is 2.15. The zero-order valence-corrected chi connectivity index (χ0v) is 12.1. The van der Waals surface area contributed by atoms with Crippen molar-refractivity contribution in [1.29, 1.82) is 0 Å². The lowest BCUT2D eigenvalue weighted by Crippen LogP contribution is -2.23. The van der Waals surface area contributed by atoms with E-state index in [0.717, 1.165) is 10.0 Å². The maximum Gasteiger partial charge on any atom is 0.243 e. The highest BCUT2D eigenvalue weighted by molar-refractivity contribution is 9.10. The number of hydrogen-bond donors (Lipinski definition) is 1. The smallest absolute Gasteiger partial charge is 0.243 e. The third-order valence-corrected chi connectivity index (χ3v) is 4.53. The van der Waals surface area contributed by atoms with Crippen LogP contribution in [0.2, 0.25) is 0 Å². The number of aromatic nitrogens is 2. The minimum Gasteiger partial charge on any atom is -0.274 e. The van der Waals surface area contributed by atoms with Gasteiger partial charge in [0.15, 0.2) is 0 Å². The Morgan fingerprint density at radius 3 is 2.72 bits per heavy atom. The van der Waals surface area contributed by atoms with Gasteiger partial charge in [-0.2, -0.15) is 5.10 Å². The van der Waals surface area contributed by atoms with Crippen LogP contribution in [0.1, 0.15) is 5.56 Å². The maximum atomic E-state index is 12.0.